The molecule has 0 bridgehead atoms. The van der Waals surface area contributed by atoms with Gasteiger partial charge in [0.2, 0.25) is 5.88 Å². The average Bonchev–Trinajstić information content (AvgIpc) is 3.01. The largest absolute Gasteiger partial charge is 0.494 e. The van der Waals surface area contributed by atoms with Gasteiger partial charge in [-0.25, -0.2) is 4.98 Å². The number of hydrogen-bond donors (Lipinski definition) is 2. The third-order valence-corrected chi connectivity index (χ3v) is 8.07. The topological polar surface area (TPSA) is 80.7 Å². The molecule has 0 saturated carbocycles. The van der Waals surface area contributed by atoms with Gasteiger partial charge in [-0.05, 0) is 105 Å². The molecule has 0 aliphatic heterocycles. The predicted molar refractivity (Wildman–Crippen MR) is 178 cm³/mol. The van der Waals surface area contributed by atoms with Crippen LogP contribution in [0, 0.1) is 11.3 Å². The summed E-state index contributed by atoms with van der Waals surface area (Å²) in [5.41, 5.74) is 3.53. The molecular weight excluding hydrogens is 536 g/mol. The number of aromatic nitrogens is 1. The fourth-order valence-electron chi connectivity index (χ4n) is 4.95. The third kappa shape index (κ3) is 11.8. The van der Waals surface area contributed by atoms with Crippen LogP contribution in [0.4, 0.5) is 5.69 Å². The lowest BCUT2D eigenvalue weighted by Gasteiger charge is -2.26. The van der Waals surface area contributed by atoms with Crippen molar-refractivity contribution in [3.05, 3.63) is 83.6 Å². The standard InChI is InChI=1S/C37H50N2O4/c1-5-37(6-2,36(40)41)24-25-38-33-15-10-13-31(28-33)17-20-32-14-11-16-35(39-32)43-26-9-7-8-12-30-18-21-34(22-19-30)42-27-23-29(3)4/h10-11,13-22,28-29,38H,5-9,12,23-27H2,1-4H3,(H,40,41). The van der Waals surface area contributed by atoms with Crippen LogP contribution in [0.5, 0.6) is 11.6 Å². The highest BCUT2D eigenvalue weighted by Gasteiger charge is 2.34. The van der Waals surface area contributed by atoms with Crippen LogP contribution in [0.3, 0.4) is 0 Å². The van der Waals surface area contributed by atoms with Crippen LogP contribution in [-0.2, 0) is 11.2 Å². The van der Waals surface area contributed by atoms with Gasteiger partial charge >= 0.3 is 5.97 Å². The van der Waals surface area contributed by atoms with Crippen molar-refractivity contribution in [1.29, 1.82) is 0 Å². The first kappa shape index (κ1) is 33.7. The van der Waals surface area contributed by atoms with E-state index in [1.54, 1.807) is 0 Å². The molecule has 232 valence electrons. The molecule has 2 N–H and O–H groups in total. The molecule has 0 atom stereocenters. The average molecular weight is 587 g/mol. The van der Waals surface area contributed by atoms with E-state index >= 15 is 0 Å². The molecule has 1 aromatic heterocycles. The summed E-state index contributed by atoms with van der Waals surface area (Å²) < 4.78 is 11.7. The highest BCUT2D eigenvalue weighted by atomic mass is 16.5. The highest BCUT2D eigenvalue weighted by molar-refractivity contribution is 5.74. The molecule has 0 spiro atoms. The molecule has 0 radical (unpaired) electrons. The Morgan fingerprint density at radius 2 is 1.70 bits per heavy atom. The van der Waals surface area contributed by atoms with Gasteiger partial charge in [0.25, 0.3) is 0 Å². The number of carbonyl (C=O) groups is 1. The molecule has 1 heterocycles. The fraction of sp³-hybridized carbons (Fsp3) is 0.459. The Morgan fingerprint density at radius 1 is 0.930 bits per heavy atom. The Labute approximate surface area is 258 Å². The minimum atomic E-state index is -0.713. The Morgan fingerprint density at radius 3 is 2.42 bits per heavy atom. The van der Waals surface area contributed by atoms with Gasteiger partial charge in [0.1, 0.15) is 5.75 Å². The molecule has 3 aromatic rings. The number of ether oxygens (including phenoxy) is 2. The second kappa shape index (κ2) is 18.0. The molecule has 3 rings (SSSR count). The molecule has 43 heavy (non-hydrogen) atoms. The summed E-state index contributed by atoms with van der Waals surface area (Å²) in [5.74, 6) is 1.53. The first-order valence-corrected chi connectivity index (χ1v) is 15.9. The van der Waals surface area contributed by atoms with Crippen molar-refractivity contribution in [2.24, 2.45) is 11.3 Å². The monoisotopic (exact) mass is 586 g/mol. The summed E-state index contributed by atoms with van der Waals surface area (Å²) >= 11 is 0. The Bertz CT molecular complexity index is 1270. The zero-order valence-corrected chi connectivity index (χ0v) is 26.5. The molecule has 0 fully saturated rings. The normalized spacial score (nSPS) is 11.7. The van der Waals surface area contributed by atoms with Gasteiger partial charge in [-0.15, -0.1) is 0 Å². The first-order valence-electron chi connectivity index (χ1n) is 15.9. The molecule has 6 heteroatoms. The van der Waals surface area contributed by atoms with Gasteiger partial charge in [0, 0.05) is 18.3 Å². The van der Waals surface area contributed by atoms with Crippen LogP contribution in [0.2, 0.25) is 0 Å². The first-order chi connectivity index (χ1) is 20.8. The molecule has 6 nitrogen and oxygen atoms in total. The predicted octanol–water partition coefficient (Wildman–Crippen LogP) is 9.16. The molecule has 0 amide bonds. The van der Waals surface area contributed by atoms with Crippen LogP contribution in [-0.4, -0.2) is 35.8 Å². The molecule has 0 saturated heterocycles. The molecule has 0 aliphatic rings. The summed E-state index contributed by atoms with van der Waals surface area (Å²) in [6.45, 7) is 10.4. The zero-order valence-electron chi connectivity index (χ0n) is 26.5. The highest BCUT2D eigenvalue weighted by Crippen LogP contribution is 2.31. The summed E-state index contributed by atoms with van der Waals surface area (Å²) in [6.07, 6.45) is 11.2. The lowest BCUT2D eigenvalue weighted by atomic mass is 9.79. The Hall–Kier alpha value is -3.80. The zero-order chi connectivity index (χ0) is 30.9. The van der Waals surface area contributed by atoms with Crippen molar-refractivity contribution in [1.82, 2.24) is 4.98 Å². The maximum Gasteiger partial charge on any atom is 0.309 e. The van der Waals surface area contributed by atoms with Crippen molar-refractivity contribution in [2.45, 2.75) is 79.1 Å². The third-order valence-electron chi connectivity index (χ3n) is 8.07. The summed E-state index contributed by atoms with van der Waals surface area (Å²) in [7, 11) is 0. The fourth-order valence-corrected chi connectivity index (χ4v) is 4.95. The van der Waals surface area contributed by atoms with Gasteiger partial charge in [-0.3, -0.25) is 4.79 Å². The van der Waals surface area contributed by atoms with Crippen molar-refractivity contribution >= 4 is 23.8 Å². The number of benzene rings is 2. The minimum Gasteiger partial charge on any atom is -0.494 e. The van der Waals surface area contributed by atoms with E-state index in [0.29, 0.717) is 44.2 Å². The van der Waals surface area contributed by atoms with E-state index in [0.717, 1.165) is 61.4 Å². The van der Waals surface area contributed by atoms with Crippen molar-refractivity contribution < 1.29 is 19.4 Å². The van der Waals surface area contributed by atoms with Gasteiger partial charge in [0.15, 0.2) is 0 Å². The number of aryl methyl sites for hydroxylation is 1. The second-order valence-corrected chi connectivity index (χ2v) is 11.7. The molecular formula is C37H50N2O4. The smallest absolute Gasteiger partial charge is 0.309 e. The molecule has 0 unspecified atom stereocenters. The summed E-state index contributed by atoms with van der Waals surface area (Å²) in [6, 6.07) is 22.4. The van der Waals surface area contributed by atoms with Crippen LogP contribution in [0.25, 0.3) is 12.2 Å². The van der Waals surface area contributed by atoms with E-state index in [2.05, 4.69) is 54.5 Å². The number of nitrogens with one attached hydrogen (secondary N) is 1. The van der Waals surface area contributed by atoms with E-state index in [-0.39, 0.29) is 0 Å². The lowest BCUT2D eigenvalue weighted by molar-refractivity contribution is -0.149. The van der Waals surface area contributed by atoms with Gasteiger partial charge in [-0.2, -0.15) is 0 Å². The molecule has 0 aliphatic carbocycles. The van der Waals surface area contributed by atoms with Gasteiger partial charge < -0.3 is 19.9 Å². The maximum atomic E-state index is 11.8. The number of rotatable bonds is 20. The summed E-state index contributed by atoms with van der Waals surface area (Å²) in [4.78, 5) is 16.4. The van der Waals surface area contributed by atoms with Crippen LogP contribution >= 0.6 is 0 Å². The number of anilines is 1. The van der Waals surface area contributed by atoms with E-state index in [9.17, 15) is 9.90 Å². The Kier molecular flexibility index (Phi) is 14.1. The Balaban J connectivity index is 1.38. The number of aliphatic carboxylic acids is 1. The quantitative estimate of drug-likeness (QED) is 0.129. The lowest BCUT2D eigenvalue weighted by Crippen LogP contribution is -2.31. The van der Waals surface area contributed by atoms with E-state index < -0.39 is 11.4 Å². The van der Waals surface area contributed by atoms with Crippen LogP contribution in [0.15, 0.2) is 66.7 Å². The second-order valence-electron chi connectivity index (χ2n) is 11.7. The SMILES string of the molecule is CCC(CC)(CCNc1cccc(C=Cc2cccc(OCCCCCc3ccc(OCCC(C)C)cc3)n2)c1)C(=O)O. The van der Waals surface area contributed by atoms with Crippen LogP contribution < -0.4 is 14.8 Å². The number of unbranched alkanes of at least 4 members (excludes halogenated alkanes) is 2. The number of hydrogen-bond acceptors (Lipinski definition) is 5. The van der Waals surface area contributed by atoms with Crippen LogP contribution in [0.1, 0.15) is 89.5 Å². The number of carboxylic acids is 1. The summed E-state index contributed by atoms with van der Waals surface area (Å²) in [5, 5.41) is 13.1. The number of carboxylic acid groups (broad SMARTS) is 1. The number of nitrogens with zero attached hydrogens (tertiary/aromatic N) is 1. The van der Waals surface area contributed by atoms with E-state index in [4.69, 9.17) is 9.47 Å². The van der Waals surface area contributed by atoms with E-state index in [1.807, 2.05) is 62.4 Å². The van der Waals surface area contributed by atoms with Crippen molar-refractivity contribution in [3.63, 3.8) is 0 Å². The minimum absolute atomic E-state index is 0.592. The van der Waals surface area contributed by atoms with Crippen molar-refractivity contribution in [2.75, 3.05) is 25.1 Å². The number of pyridine rings is 1. The van der Waals surface area contributed by atoms with Crippen molar-refractivity contribution in [3.8, 4) is 11.6 Å². The molecule has 2 aromatic carbocycles. The maximum absolute atomic E-state index is 11.8. The van der Waals surface area contributed by atoms with E-state index in [1.165, 1.54) is 5.56 Å². The van der Waals surface area contributed by atoms with Gasteiger partial charge in [0.05, 0.1) is 24.3 Å². The van der Waals surface area contributed by atoms with Gasteiger partial charge in [-0.1, -0.05) is 64.1 Å².